The normalized spacial score (nSPS) is 9.73. The van der Waals surface area contributed by atoms with Crippen LogP contribution in [0.3, 0.4) is 0 Å². The van der Waals surface area contributed by atoms with Crippen LogP contribution < -0.4 is 0 Å². The number of hydrogen-bond acceptors (Lipinski definition) is 1. The predicted octanol–water partition coefficient (Wildman–Crippen LogP) is 5.26. The number of allylic oxidation sites excluding steroid dienone is 5. The van der Waals surface area contributed by atoms with E-state index in [9.17, 15) is 0 Å². The topological polar surface area (TPSA) is 0 Å². The average Bonchev–Trinajstić information content (AvgIpc) is 2.18. The molecule has 0 N–H and O–H groups in total. The molecule has 0 aliphatic heterocycles. The maximum absolute atomic E-state index is 3.89. The molecule has 15 heavy (non-hydrogen) atoms. The molecule has 0 bridgehead atoms. The Balaban J connectivity index is 0. The van der Waals surface area contributed by atoms with Crippen LogP contribution in [-0.2, 0) is 0 Å². The summed E-state index contributed by atoms with van der Waals surface area (Å²) in [6, 6.07) is 0. The first-order chi connectivity index (χ1) is 7.06. The highest BCUT2D eigenvalue weighted by molar-refractivity contribution is 8.07. The van der Waals surface area contributed by atoms with Gasteiger partial charge in [0.2, 0.25) is 0 Å². The molecule has 0 nitrogen and oxygen atoms in total. The van der Waals surface area contributed by atoms with Gasteiger partial charge < -0.3 is 0 Å². The maximum Gasteiger partial charge on any atom is 0.00498 e. The fourth-order valence-corrected chi connectivity index (χ4v) is 1.33. The van der Waals surface area contributed by atoms with E-state index < -0.39 is 0 Å². The lowest BCUT2D eigenvalue weighted by atomic mass is 10.3. The second-order valence-corrected chi connectivity index (χ2v) is 3.97. The van der Waals surface area contributed by atoms with Crippen LogP contribution in [0.1, 0.15) is 13.8 Å². The van der Waals surface area contributed by atoms with Gasteiger partial charge in [0.05, 0.1) is 0 Å². The molecule has 0 rings (SSSR count). The van der Waals surface area contributed by atoms with Gasteiger partial charge in [-0.2, -0.15) is 0 Å². The fraction of sp³-hybridized carbons (Fsp3) is 0.143. The van der Waals surface area contributed by atoms with E-state index in [1.54, 1.807) is 11.8 Å². The molecule has 0 aromatic carbocycles. The van der Waals surface area contributed by atoms with Crippen molar-refractivity contribution in [2.24, 2.45) is 0 Å². The monoisotopic (exact) mass is 220 g/mol. The molecule has 0 fully saturated rings. The smallest absolute Gasteiger partial charge is 0.00498 e. The first-order valence-electron chi connectivity index (χ1n) is 4.58. The fourth-order valence-electron chi connectivity index (χ4n) is 0.658. The van der Waals surface area contributed by atoms with Gasteiger partial charge in [-0.3, -0.25) is 0 Å². The van der Waals surface area contributed by atoms with Crippen LogP contribution in [0.5, 0.6) is 0 Å². The van der Waals surface area contributed by atoms with Crippen LogP contribution in [0.4, 0.5) is 0 Å². The van der Waals surface area contributed by atoms with Gasteiger partial charge in [0.15, 0.2) is 0 Å². The maximum atomic E-state index is 3.89. The van der Waals surface area contributed by atoms with E-state index in [0.717, 1.165) is 15.4 Å². The number of hydrogen-bond donors (Lipinski definition) is 0. The van der Waals surface area contributed by atoms with E-state index in [-0.39, 0.29) is 0 Å². The minimum Gasteiger partial charge on any atom is -0.106 e. The Kier molecular flexibility index (Phi) is 11.8. The van der Waals surface area contributed by atoms with Gasteiger partial charge in [0.1, 0.15) is 0 Å². The molecular formula is C14H20S. The molecule has 0 aromatic rings. The number of rotatable bonds is 5. The van der Waals surface area contributed by atoms with Crippen molar-refractivity contribution in [1.82, 2.24) is 0 Å². The third-order valence-corrected chi connectivity index (χ3v) is 1.97. The summed E-state index contributed by atoms with van der Waals surface area (Å²) in [6.45, 7) is 21.5. The van der Waals surface area contributed by atoms with E-state index in [2.05, 4.69) is 32.9 Å². The standard InChI is InChI=1S/C12H16S.C2H4/c1-6-7-11(4)13-12(5)9-8-10(2)3;1-2/h6-9H,2,4-5H2,1,3H3;1-2H2/b7-6-,9-8-;. The molecule has 0 aliphatic rings. The molecule has 1 heteroatoms. The summed E-state index contributed by atoms with van der Waals surface area (Å²) in [5.41, 5.74) is 1.03. The molecule has 0 heterocycles. The molecule has 0 spiro atoms. The summed E-state index contributed by atoms with van der Waals surface area (Å²) in [5.74, 6) is 0. The first kappa shape index (κ1) is 16.2. The van der Waals surface area contributed by atoms with Crippen LogP contribution in [0, 0.1) is 0 Å². The lowest BCUT2D eigenvalue weighted by Gasteiger charge is -1.98. The summed E-state index contributed by atoms with van der Waals surface area (Å²) in [5, 5.41) is 0. The lowest BCUT2D eigenvalue weighted by Crippen LogP contribution is -1.70. The molecule has 0 radical (unpaired) electrons. The van der Waals surface area contributed by atoms with E-state index in [4.69, 9.17) is 0 Å². The Morgan fingerprint density at radius 3 is 1.80 bits per heavy atom. The van der Waals surface area contributed by atoms with Crippen LogP contribution >= 0.6 is 11.8 Å². The molecule has 0 saturated heterocycles. The van der Waals surface area contributed by atoms with E-state index in [1.165, 1.54) is 0 Å². The van der Waals surface area contributed by atoms with Crippen molar-refractivity contribution in [2.75, 3.05) is 0 Å². The highest BCUT2D eigenvalue weighted by atomic mass is 32.2. The average molecular weight is 220 g/mol. The zero-order chi connectivity index (χ0) is 12.3. The second kappa shape index (κ2) is 10.9. The quantitative estimate of drug-likeness (QED) is 0.450. The summed E-state index contributed by atoms with van der Waals surface area (Å²) in [4.78, 5) is 1.98. The van der Waals surface area contributed by atoms with E-state index >= 15 is 0 Å². The summed E-state index contributed by atoms with van der Waals surface area (Å²) in [7, 11) is 0. The molecule has 0 unspecified atom stereocenters. The van der Waals surface area contributed by atoms with Crippen LogP contribution in [0.25, 0.3) is 0 Å². The molecule has 82 valence electrons. The molecule has 0 atom stereocenters. The Bertz CT molecular complexity index is 280. The first-order valence-corrected chi connectivity index (χ1v) is 5.40. The van der Waals surface area contributed by atoms with Crippen molar-refractivity contribution < 1.29 is 0 Å². The summed E-state index contributed by atoms with van der Waals surface area (Å²) >= 11 is 1.56. The third-order valence-electron chi connectivity index (χ3n) is 1.17. The Morgan fingerprint density at radius 2 is 1.40 bits per heavy atom. The van der Waals surface area contributed by atoms with Crippen molar-refractivity contribution in [2.45, 2.75) is 13.8 Å². The van der Waals surface area contributed by atoms with Gasteiger partial charge in [-0.1, -0.05) is 55.3 Å². The van der Waals surface area contributed by atoms with Gasteiger partial charge in [-0.15, -0.1) is 13.2 Å². The molecule has 0 saturated carbocycles. The highest BCUT2D eigenvalue weighted by Gasteiger charge is 1.91. The van der Waals surface area contributed by atoms with Gasteiger partial charge in [-0.25, -0.2) is 0 Å². The third kappa shape index (κ3) is 12.8. The zero-order valence-electron chi connectivity index (χ0n) is 9.75. The van der Waals surface area contributed by atoms with E-state index in [0.29, 0.717) is 0 Å². The Hall–Kier alpha value is -1.21. The number of thioether (sulfide) groups is 1. The molecule has 0 aliphatic carbocycles. The Labute approximate surface area is 98.5 Å². The van der Waals surface area contributed by atoms with Gasteiger partial charge in [0.25, 0.3) is 0 Å². The SMILES string of the molecule is C=C.C=C(C)/C=C\C(=C)SC(=C)/C=C\C. The van der Waals surface area contributed by atoms with Crippen molar-refractivity contribution in [3.8, 4) is 0 Å². The van der Waals surface area contributed by atoms with Crippen molar-refractivity contribution in [3.63, 3.8) is 0 Å². The minimum atomic E-state index is 0.978. The second-order valence-electron chi connectivity index (χ2n) is 2.71. The van der Waals surface area contributed by atoms with Gasteiger partial charge in [0, 0.05) is 9.81 Å². The van der Waals surface area contributed by atoms with Crippen molar-refractivity contribution in [3.05, 3.63) is 72.6 Å². The summed E-state index contributed by atoms with van der Waals surface area (Å²) in [6.07, 6.45) is 7.81. The largest absolute Gasteiger partial charge is 0.106 e. The van der Waals surface area contributed by atoms with Crippen LogP contribution in [0.2, 0.25) is 0 Å². The van der Waals surface area contributed by atoms with Gasteiger partial charge in [-0.05, 0) is 19.9 Å². The van der Waals surface area contributed by atoms with Crippen molar-refractivity contribution in [1.29, 1.82) is 0 Å². The van der Waals surface area contributed by atoms with Crippen LogP contribution in [-0.4, -0.2) is 0 Å². The lowest BCUT2D eigenvalue weighted by molar-refractivity contribution is 1.56. The van der Waals surface area contributed by atoms with Crippen LogP contribution in [0.15, 0.2) is 72.6 Å². The zero-order valence-corrected chi connectivity index (χ0v) is 10.6. The molecule has 0 aromatic heterocycles. The minimum absolute atomic E-state index is 0.978. The predicted molar refractivity (Wildman–Crippen MR) is 75.9 cm³/mol. The summed E-state index contributed by atoms with van der Waals surface area (Å²) < 4.78 is 0. The highest BCUT2D eigenvalue weighted by Crippen LogP contribution is 2.24. The molecule has 0 amide bonds. The molecular weight excluding hydrogens is 200 g/mol. The Morgan fingerprint density at radius 1 is 0.933 bits per heavy atom. The van der Waals surface area contributed by atoms with Crippen molar-refractivity contribution >= 4 is 11.8 Å². The van der Waals surface area contributed by atoms with Gasteiger partial charge >= 0.3 is 0 Å². The van der Waals surface area contributed by atoms with E-state index in [1.807, 2.05) is 38.2 Å².